The molecule has 30 nitrogen and oxygen atoms in total. The van der Waals surface area contributed by atoms with Gasteiger partial charge in [-0.3, -0.25) is 53.7 Å². The quantitative estimate of drug-likeness (QED) is 0.0220. The maximum atomic E-state index is 12.5. The number of hydrogen-bond donors (Lipinski definition) is 13. The van der Waals surface area contributed by atoms with E-state index in [0.29, 0.717) is 45.9 Å². The number of aromatic nitrogens is 12. The van der Waals surface area contributed by atoms with Crippen molar-refractivity contribution in [3.05, 3.63) is 91.4 Å². The van der Waals surface area contributed by atoms with Crippen molar-refractivity contribution in [2.45, 2.75) is 90.0 Å². The van der Waals surface area contributed by atoms with Gasteiger partial charge in [0, 0.05) is 20.8 Å². The number of nitrogen functional groups attached to an aromatic ring is 1. The van der Waals surface area contributed by atoms with E-state index >= 15 is 0 Å². The Balaban J connectivity index is 0.000000246. The summed E-state index contributed by atoms with van der Waals surface area (Å²) in [6.07, 6.45) is 4.61. The molecule has 0 aliphatic rings. The highest BCUT2D eigenvalue weighted by Crippen LogP contribution is 2.30. The number of aliphatic carboxylic acids is 2. The number of carboxylic acid groups (broad SMARTS) is 2. The molecule has 0 saturated heterocycles. The maximum absolute atomic E-state index is 12.5. The number of aromatic amines is 6. The second-order valence-electron chi connectivity index (χ2n) is 23.7. The minimum absolute atomic E-state index is 0.00795. The number of nitrogens with zero attached hydrogens (tertiary/aromatic N) is 6. The van der Waals surface area contributed by atoms with Gasteiger partial charge >= 0.3 is 29.8 Å². The molecule has 2 amide bonds. The molecule has 6 heterocycles. The summed E-state index contributed by atoms with van der Waals surface area (Å²) >= 11 is 5.22. The van der Waals surface area contributed by atoms with Crippen LogP contribution in [-0.4, -0.2) is 161 Å². The van der Waals surface area contributed by atoms with Gasteiger partial charge in [0.05, 0.1) is 109 Å². The fourth-order valence-corrected chi connectivity index (χ4v) is 6.63. The summed E-state index contributed by atoms with van der Waals surface area (Å²) in [6.45, 7) is 19.1. The van der Waals surface area contributed by atoms with Crippen molar-refractivity contribution in [2.24, 2.45) is 27.1 Å². The number of rotatable bonds is 18. The summed E-state index contributed by atoms with van der Waals surface area (Å²) in [6, 6.07) is 23.1. The fourth-order valence-electron chi connectivity index (χ4n) is 6.57. The molecular formula is C61H78ClN15O15. The molecule has 0 unspecified atom stereocenters. The number of amides is 2. The first-order chi connectivity index (χ1) is 42.9. The SMILES string of the molecule is CC(=O)OCC(C)(C)C(=O)Cl.CC(=O)OCC(C)(C)C(=O)Nc1cn[nH]c1-c1nc2ccccc2[nH]1.CC(=O)OCC(C)(C)C(=O)O.CC(C)(CO)C(=O)Nc1cn[nH]c1-c1nc2ccccc2[nH]1.CC(C)(CO)C(=O)O.Nc1cn[nH]c1-c1nc2ccccc2[nH]1. The smallest absolute Gasteiger partial charge is 0.312 e. The van der Waals surface area contributed by atoms with Gasteiger partial charge < -0.3 is 66.0 Å². The van der Waals surface area contributed by atoms with Gasteiger partial charge in [0.1, 0.15) is 36.9 Å². The van der Waals surface area contributed by atoms with Gasteiger partial charge in [-0.2, -0.15) is 15.3 Å². The van der Waals surface area contributed by atoms with Gasteiger partial charge in [-0.15, -0.1) is 0 Å². The number of aliphatic hydroxyl groups is 2. The van der Waals surface area contributed by atoms with Gasteiger partial charge in [0.2, 0.25) is 17.1 Å². The van der Waals surface area contributed by atoms with Crippen LogP contribution in [0.3, 0.4) is 0 Å². The predicted octanol–water partition coefficient (Wildman–Crippen LogP) is 8.02. The topological polar surface area (TPSA) is 467 Å². The average molecular weight is 1300 g/mol. The van der Waals surface area contributed by atoms with Crippen LogP contribution < -0.4 is 16.4 Å². The number of halogens is 1. The van der Waals surface area contributed by atoms with Gasteiger partial charge in [0.25, 0.3) is 0 Å². The van der Waals surface area contributed by atoms with Crippen LogP contribution in [0.1, 0.15) is 90.0 Å². The van der Waals surface area contributed by atoms with Gasteiger partial charge in [-0.25, -0.2) is 15.0 Å². The molecule has 6 aromatic heterocycles. The number of imidazole rings is 3. The van der Waals surface area contributed by atoms with Crippen LogP contribution in [0.2, 0.25) is 0 Å². The Morgan fingerprint density at radius 2 is 0.783 bits per heavy atom. The highest BCUT2D eigenvalue weighted by Gasteiger charge is 2.32. The molecular weight excluding hydrogens is 1220 g/mol. The number of aliphatic hydroxyl groups excluding tert-OH is 2. The van der Waals surface area contributed by atoms with Gasteiger partial charge in [0.15, 0.2) is 17.5 Å². The number of carbonyl (C=O) groups is 8. The standard InChI is InChI=1S/C17H19N5O3.C15H17N5O2.C10H9N5.C7H11ClO3.C7H12O4.C5H10O3/c1-10(23)25-9-17(2,3)16(24)21-13-8-18-22-14(13)15-19-11-6-4-5-7-12(11)20-15;1-15(2,8-21)14(22)19-11-7-16-20-12(11)13-17-9-5-3-4-6-10(9)18-13;11-6-5-12-15-9(6)10-13-7-3-1-2-4-8(7)14-10;1-5(9)11-4-7(2,3)6(8)10;1-5(8)11-4-7(2,3)6(9)10;1-5(2,3-6)4(7)8/h4-8H,9H2,1-3H3,(H,18,22)(H,19,20)(H,21,24);3-7,21H,8H2,1-2H3,(H,16,20)(H,17,18)(H,19,22);1-5H,11H2,(H,12,15)(H,13,14);4H2,1-3H3;4H2,1-3H3,(H,9,10);6H,3H2,1-2H3,(H,7,8). The number of H-pyrrole nitrogens is 6. The largest absolute Gasteiger partial charge is 0.481 e. The molecule has 0 radical (unpaired) electrons. The van der Waals surface area contributed by atoms with E-state index in [1.807, 2.05) is 72.8 Å². The molecule has 9 aromatic rings. The van der Waals surface area contributed by atoms with E-state index in [4.69, 9.17) is 37.4 Å². The van der Waals surface area contributed by atoms with Crippen LogP contribution in [0.25, 0.3) is 67.7 Å². The Bertz CT molecular complexity index is 3840. The third kappa shape index (κ3) is 21.7. The highest BCUT2D eigenvalue weighted by molar-refractivity contribution is 6.64. The normalized spacial score (nSPS) is 11.3. The number of carboxylic acids is 2. The zero-order valence-corrected chi connectivity index (χ0v) is 53.9. The third-order valence-electron chi connectivity index (χ3n) is 12.9. The summed E-state index contributed by atoms with van der Waals surface area (Å²) in [5, 5.41) is 59.9. The zero-order chi connectivity index (χ0) is 68.9. The van der Waals surface area contributed by atoms with Crippen molar-refractivity contribution in [1.82, 2.24) is 60.5 Å². The van der Waals surface area contributed by atoms with Gasteiger partial charge in [-0.1, -0.05) is 36.4 Å². The molecule has 9 rings (SSSR count). The van der Waals surface area contributed by atoms with Crippen LogP contribution in [0.15, 0.2) is 91.4 Å². The van der Waals surface area contributed by atoms with E-state index in [-0.39, 0.29) is 44.8 Å². The molecule has 0 aliphatic carbocycles. The lowest BCUT2D eigenvalue weighted by Crippen LogP contribution is -2.35. The lowest BCUT2D eigenvalue weighted by Gasteiger charge is -2.22. The van der Waals surface area contributed by atoms with Crippen LogP contribution in [0.5, 0.6) is 0 Å². The number of fused-ring (bicyclic) bond motifs is 3. The number of hydrogen-bond acceptors (Lipinski definition) is 20. The molecule has 0 spiro atoms. The Morgan fingerprint density at radius 1 is 0.467 bits per heavy atom. The summed E-state index contributed by atoms with van der Waals surface area (Å²) < 4.78 is 14.1. The van der Waals surface area contributed by atoms with Crippen LogP contribution in [0, 0.1) is 27.1 Å². The van der Waals surface area contributed by atoms with Crippen LogP contribution >= 0.6 is 11.6 Å². The van der Waals surface area contributed by atoms with E-state index in [0.717, 1.165) is 38.8 Å². The van der Waals surface area contributed by atoms with Crippen molar-refractivity contribution in [3.63, 3.8) is 0 Å². The minimum Gasteiger partial charge on any atom is -0.481 e. The Kier molecular flexibility index (Phi) is 26.1. The van der Waals surface area contributed by atoms with E-state index in [2.05, 4.69) is 80.6 Å². The lowest BCUT2D eigenvalue weighted by molar-refractivity contribution is -0.156. The number of anilines is 3. The Labute approximate surface area is 532 Å². The fraction of sp³-hybridized carbons (Fsp3) is 0.377. The van der Waals surface area contributed by atoms with Crippen molar-refractivity contribution in [2.75, 3.05) is 49.4 Å². The summed E-state index contributed by atoms with van der Waals surface area (Å²) in [5.41, 5.74) is 10.1. The van der Waals surface area contributed by atoms with Crippen molar-refractivity contribution in [3.8, 4) is 34.6 Å². The van der Waals surface area contributed by atoms with E-state index < -0.39 is 62.2 Å². The predicted molar refractivity (Wildman–Crippen MR) is 342 cm³/mol. The molecule has 494 valence electrons. The number of carbonyl (C=O) groups excluding carboxylic acids is 6. The molecule has 14 N–H and O–H groups in total. The lowest BCUT2D eigenvalue weighted by atomic mass is 9.93. The number of esters is 3. The molecule has 92 heavy (non-hydrogen) atoms. The molecule has 3 aromatic carbocycles. The second-order valence-corrected chi connectivity index (χ2v) is 24.0. The van der Waals surface area contributed by atoms with Crippen molar-refractivity contribution >= 4 is 109 Å². The number of nitrogens with two attached hydrogens (primary N) is 1. The van der Waals surface area contributed by atoms with Crippen molar-refractivity contribution < 1.29 is 73.0 Å². The number of benzene rings is 3. The maximum Gasteiger partial charge on any atom is 0.312 e. The number of nitrogens with one attached hydrogen (secondary N) is 8. The summed E-state index contributed by atoms with van der Waals surface area (Å²) in [5.74, 6) is -1.92. The first-order valence-electron chi connectivity index (χ1n) is 28.1. The average Bonchev–Trinajstić information content (AvgIpc) is 1.68. The minimum atomic E-state index is -0.994. The molecule has 0 saturated carbocycles. The molecule has 0 aliphatic heterocycles. The first kappa shape index (κ1) is 74.1. The highest BCUT2D eigenvalue weighted by atomic mass is 35.5. The van der Waals surface area contributed by atoms with E-state index in [1.165, 1.54) is 60.9 Å². The summed E-state index contributed by atoms with van der Waals surface area (Å²) in [4.78, 5) is 110. The van der Waals surface area contributed by atoms with Gasteiger partial charge in [-0.05, 0) is 117 Å². The number of ether oxygens (including phenoxy) is 3. The van der Waals surface area contributed by atoms with E-state index in [1.54, 1.807) is 47.7 Å². The molecule has 0 atom stereocenters. The monoisotopic (exact) mass is 1300 g/mol. The van der Waals surface area contributed by atoms with E-state index in [9.17, 15) is 43.5 Å². The number of para-hydroxylation sites is 6. The Morgan fingerprint density at radius 3 is 1.09 bits per heavy atom. The molecule has 0 bridgehead atoms. The third-order valence-corrected chi connectivity index (χ3v) is 13.5. The van der Waals surface area contributed by atoms with Crippen molar-refractivity contribution in [1.29, 1.82) is 0 Å². The zero-order valence-electron chi connectivity index (χ0n) is 53.1. The van der Waals surface area contributed by atoms with Crippen LogP contribution in [0.4, 0.5) is 17.1 Å². The second kappa shape index (κ2) is 32.4. The molecule has 31 heteroatoms. The molecule has 0 fully saturated rings. The summed E-state index contributed by atoms with van der Waals surface area (Å²) in [7, 11) is 0. The first-order valence-corrected chi connectivity index (χ1v) is 28.4. The Hall–Kier alpha value is -10.3. The van der Waals surface area contributed by atoms with Crippen LogP contribution in [-0.2, 0) is 52.6 Å².